The monoisotopic (exact) mass is 447 g/mol. The number of nitrogens with two attached hydrogens (primary N) is 1. The van der Waals surface area contributed by atoms with Gasteiger partial charge in [-0.05, 0) is 28.1 Å². The van der Waals surface area contributed by atoms with Crippen LogP contribution in [0.1, 0.15) is 4.88 Å². The maximum Gasteiger partial charge on any atom is 0.191 e. The Bertz CT molecular complexity index is 377. The van der Waals surface area contributed by atoms with Gasteiger partial charge in [-0.1, -0.05) is 0 Å². The molecular weight excluding hydrogens is 433 g/mol. The Kier molecular flexibility index (Phi) is 7.20. The largest absolute Gasteiger partial charge is 0.370 e. The molecule has 0 radical (unpaired) electrons. The molecule has 1 aromatic rings. The van der Waals surface area contributed by atoms with Crippen molar-refractivity contribution in [1.82, 2.24) is 4.90 Å². The lowest BCUT2D eigenvalue weighted by atomic mass is 10.5. The molecule has 1 aliphatic heterocycles. The molecule has 2 N–H and O–H groups in total. The fourth-order valence-corrected chi connectivity index (χ4v) is 3.80. The van der Waals surface area contributed by atoms with Crippen molar-refractivity contribution in [3.63, 3.8) is 0 Å². The van der Waals surface area contributed by atoms with E-state index in [1.54, 1.807) is 11.3 Å². The first-order valence-corrected chi connectivity index (χ1v) is 7.89. The average Bonchev–Trinajstić information content (AvgIpc) is 2.73. The summed E-state index contributed by atoms with van der Waals surface area (Å²) in [6.45, 7) is 2.73. The summed E-state index contributed by atoms with van der Waals surface area (Å²) in [6.07, 6.45) is 0. The van der Waals surface area contributed by atoms with Crippen LogP contribution in [-0.4, -0.2) is 35.5 Å². The van der Waals surface area contributed by atoms with E-state index < -0.39 is 0 Å². The summed E-state index contributed by atoms with van der Waals surface area (Å²) in [5.41, 5.74) is 5.96. The Balaban J connectivity index is 0.00000144. The predicted octanol–water partition coefficient (Wildman–Crippen LogP) is 2.99. The van der Waals surface area contributed by atoms with Gasteiger partial charge in [-0.3, -0.25) is 0 Å². The zero-order chi connectivity index (χ0) is 11.4. The number of hydrogen-bond acceptors (Lipinski definition) is 3. The minimum absolute atomic E-state index is 0. The lowest BCUT2D eigenvalue weighted by Gasteiger charge is -2.27. The normalized spacial score (nSPS) is 16.8. The SMILES string of the molecule is I.NC(=NCc1ccc(Br)s1)N1CCSCC1. The molecule has 0 bridgehead atoms. The van der Waals surface area contributed by atoms with E-state index in [4.69, 9.17) is 5.73 Å². The highest BCUT2D eigenvalue weighted by Crippen LogP contribution is 2.22. The second-order valence-corrected chi connectivity index (χ2v) is 7.25. The molecule has 2 rings (SSSR count). The van der Waals surface area contributed by atoms with E-state index >= 15 is 0 Å². The third kappa shape index (κ3) is 4.96. The van der Waals surface area contributed by atoms with Gasteiger partial charge in [0, 0.05) is 29.5 Å². The van der Waals surface area contributed by atoms with Gasteiger partial charge in [-0.2, -0.15) is 11.8 Å². The number of rotatable bonds is 2. The van der Waals surface area contributed by atoms with Crippen molar-refractivity contribution >= 4 is 69.0 Å². The first kappa shape index (κ1) is 15.6. The first-order valence-electron chi connectivity index (χ1n) is 5.12. The highest BCUT2D eigenvalue weighted by atomic mass is 127. The minimum atomic E-state index is 0. The molecule has 1 aromatic heterocycles. The molecule has 0 amide bonds. The van der Waals surface area contributed by atoms with Gasteiger partial charge in [0.1, 0.15) is 0 Å². The zero-order valence-electron chi connectivity index (χ0n) is 9.26. The van der Waals surface area contributed by atoms with Crippen molar-refractivity contribution in [2.75, 3.05) is 24.6 Å². The van der Waals surface area contributed by atoms with E-state index in [2.05, 4.69) is 31.9 Å². The Morgan fingerprint density at radius 3 is 2.71 bits per heavy atom. The third-order valence-corrected chi connectivity index (χ3v) is 4.91. The lowest BCUT2D eigenvalue weighted by Crippen LogP contribution is -2.42. The van der Waals surface area contributed by atoms with Crippen molar-refractivity contribution in [3.05, 3.63) is 20.8 Å². The van der Waals surface area contributed by atoms with Gasteiger partial charge >= 0.3 is 0 Å². The molecule has 0 spiro atoms. The van der Waals surface area contributed by atoms with Gasteiger partial charge in [0.2, 0.25) is 0 Å². The van der Waals surface area contributed by atoms with E-state index in [0.29, 0.717) is 12.5 Å². The summed E-state index contributed by atoms with van der Waals surface area (Å²) in [5, 5.41) is 0. The minimum Gasteiger partial charge on any atom is -0.370 e. The average molecular weight is 448 g/mol. The standard InChI is InChI=1S/C10H14BrN3S2.HI/c11-9-2-1-8(16-9)7-13-10(12)14-3-5-15-6-4-14;/h1-2H,3-7H2,(H2,12,13);1H. The van der Waals surface area contributed by atoms with Crippen molar-refractivity contribution in [2.45, 2.75) is 6.54 Å². The third-order valence-electron chi connectivity index (χ3n) is 2.36. The van der Waals surface area contributed by atoms with Crippen molar-refractivity contribution in [2.24, 2.45) is 10.7 Å². The van der Waals surface area contributed by atoms with E-state index in [-0.39, 0.29) is 24.0 Å². The number of guanidine groups is 1. The Morgan fingerprint density at radius 2 is 2.12 bits per heavy atom. The van der Waals surface area contributed by atoms with Crippen molar-refractivity contribution < 1.29 is 0 Å². The van der Waals surface area contributed by atoms with Crippen LogP contribution in [0.4, 0.5) is 0 Å². The quantitative estimate of drug-likeness (QED) is 0.430. The van der Waals surface area contributed by atoms with Crippen LogP contribution in [0.25, 0.3) is 0 Å². The summed E-state index contributed by atoms with van der Waals surface area (Å²) in [5.74, 6) is 2.99. The molecule has 0 aromatic carbocycles. The first-order chi connectivity index (χ1) is 7.75. The summed E-state index contributed by atoms with van der Waals surface area (Å²) >= 11 is 7.13. The van der Waals surface area contributed by atoms with E-state index in [9.17, 15) is 0 Å². The molecule has 0 saturated carbocycles. The van der Waals surface area contributed by atoms with Gasteiger partial charge in [0.05, 0.1) is 10.3 Å². The Hall–Kier alpha value is 0.530. The van der Waals surface area contributed by atoms with Crippen LogP contribution in [0.3, 0.4) is 0 Å². The fraction of sp³-hybridized carbons (Fsp3) is 0.500. The molecule has 0 unspecified atom stereocenters. The number of nitrogens with zero attached hydrogens (tertiary/aromatic N) is 2. The number of thioether (sulfide) groups is 1. The number of aliphatic imine (C=N–C) groups is 1. The summed E-state index contributed by atoms with van der Waals surface area (Å²) < 4.78 is 1.14. The van der Waals surface area contributed by atoms with Gasteiger partial charge in [0.15, 0.2) is 5.96 Å². The molecule has 96 valence electrons. The van der Waals surface area contributed by atoms with Crippen molar-refractivity contribution in [1.29, 1.82) is 0 Å². The van der Waals surface area contributed by atoms with Crippen LogP contribution >= 0.6 is 63.0 Å². The molecule has 2 heterocycles. The second kappa shape index (κ2) is 7.85. The Morgan fingerprint density at radius 1 is 1.41 bits per heavy atom. The number of hydrogen-bond donors (Lipinski definition) is 1. The molecule has 1 aliphatic rings. The van der Waals surface area contributed by atoms with Gasteiger partial charge in [-0.25, -0.2) is 4.99 Å². The van der Waals surface area contributed by atoms with Crippen LogP contribution in [0, 0.1) is 0 Å². The van der Waals surface area contributed by atoms with Crippen LogP contribution in [-0.2, 0) is 6.54 Å². The van der Waals surface area contributed by atoms with E-state index in [0.717, 1.165) is 28.4 Å². The summed E-state index contributed by atoms with van der Waals surface area (Å²) in [6, 6.07) is 4.13. The highest BCUT2D eigenvalue weighted by Gasteiger charge is 2.11. The predicted molar refractivity (Wildman–Crippen MR) is 91.7 cm³/mol. The van der Waals surface area contributed by atoms with Gasteiger partial charge in [0.25, 0.3) is 0 Å². The van der Waals surface area contributed by atoms with Crippen molar-refractivity contribution in [3.8, 4) is 0 Å². The number of thiophene rings is 1. The van der Waals surface area contributed by atoms with E-state index in [1.807, 2.05) is 17.8 Å². The molecule has 7 heteroatoms. The molecule has 17 heavy (non-hydrogen) atoms. The topological polar surface area (TPSA) is 41.6 Å². The van der Waals surface area contributed by atoms with E-state index in [1.165, 1.54) is 4.88 Å². The van der Waals surface area contributed by atoms with Gasteiger partial charge < -0.3 is 10.6 Å². The van der Waals surface area contributed by atoms with Gasteiger partial charge in [-0.15, -0.1) is 35.3 Å². The Labute approximate surface area is 135 Å². The van der Waals surface area contributed by atoms with Crippen LogP contribution in [0.15, 0.2) is 20.9 Å². The van der Waals surface area contributed by atoms with Crippen LogP contribution in [0.2, 0.25) is 0 Å². The summed E-state index contributed by atoms with van der Waals surface area (Å²) in [4.78, 5) is 7.84. The number of halogens is 2. The second-order valence-electron chi connectivity index (χ2n) is 3.48. The maximum absolute atomic E-state index is 5.96. The molecule has 1 saturated heterocycles. The lowest BCUT2D eigenvalue weighted by molar-refractivity contribution is 0.456. The summed E-state index contributed by atoms with van der Waals surface area (Å²) in [7, 11) is 0. The van der Waals surface area contributed by atoms with Crippen LogP contribution < -0.4 is 5.73 Å². The molecular formula is C10H15BrIN3S2. The van der Waals surface area contributed by atoms with Crippen LogP contribution in [0.5, 0.6) is 0 Å². The molecule has 0 aliphatic carbocycles. The fourth-order valence-electron chi connectivity index (χ4n) is 1.49. The smallest absolute Gasteiger partial charge is 0.191 e. The molecule has 0 atom stereocenters. The highest BCUT2D eigenvalue weighted by molar-refractivity contribution is 14.0. The maximum atomic E-state index is 5.96. The zero-order valence-corrected chi connectivity index (χ0v) is 14.8. The molecule has 3 nitrogen and oxygen atoms in total. The molecule has 1 fully saturated rings.